The molecule has 0 aliphatic heterocycles. The molecule has 0 radical (unpaired) electrons. The van der Waals surface area contributed by atoms with Crippen molar-refractivity contribution in [3.8, 4) is 0 Å². The van der Waals surface area contributed by atoms with Crippen LogP contribution in [0, 0.1) is 5.41 Å². The number of hydrogen-bond acceptors (Lipinski definition) is 1. The van der Waals surface area contributed by atoms with E-state index in [1.54, 1.807) is 0 Å². The fourth-order valence-corrected chi connectivity index (χ4v) is 6.84. The van der Waals surface area contributed by atoms with Crippen LogP contribution in [0.3, 0.4) is 0 Å². The van der Waals surface area contributed by atoms with Gasteiger partial charge in [0.15, 0.2) is 0 Å². The molecular weight excluding hydrogens is 371 g/mol. The lowest BCUT2D eigenvalue weighted by Gasteiger charge is -2.33. The number of benzene rings is 2. The Hall–Kier alpha value is -2.11. The van der Waals surface area contributed by atoms with Crippen LogP contribution in [-0.4, -0.2) is 6.16 Å². The van der Waals surface area contributed by atoms with Gasteiger partial charge in [0.1, 0.15) is 7.14 Å². The first-order valence-corrected chi connectivity index (χ1v) is 12.5. The van der Waals surface area contributed by atoms with Gasteiger partial charge in [0.25, 0.3) is 0 Å². The van der Waals surface area contributed by atoms with E-state index in [1.165, 1.54) is 36.0 Å². The van der Waals surface area contributed by atoms with Gasteiger partial charge in [-0.25, -0.2) is 0 Å². The minimum absolute atomic E-state index is 0.239. The SMILES string of the molecule is CC(C=CC1=C(C)CCCC1(C)C)=CCP(=O)(c1ccccc1)c1ccccc1. The zero-order chi connectivity index (χ0) is 20.9. The summed E-state index contributed by atoms with van der Waals surface area (Å²) in [4.78, 5) is 0. The van der Waals surface area contributed by atoms with Crippen molar-refractivity contribution < 1.29 is 4.57 Å². The van der Waals surface area contributed by atoms with Gasteiger partial charge in [-0.05, 0) is 44.1 Å². The molecule has 2 heteroatoms. The Morgan fingerprint density at radius 1 is 1.00 bits per heavy atom. The van der Waals surface area contributed by atoms with Gasteiger partial charge < -0.3 is 4.57 Å². The minimum Gasteiger partial charge on any atom is -0.313 e. The first-order chi connectivity index (χ1) is 13.8. The van der Waals surface area contributed by atoms with E-state index < -0.39 is 7.14 Å². The van der Waals surface area contributed by atoms with Crippen LogP contribution >= 0.6 is 7.14 Å². The van der Waals surface area contributed by atoms with Crippen LogP contribution in [0.1, 0.15) is 47.0 Å². The van der Waals surface area contributed by atoms with Crippen LogP contribution in [0.25, 0.3) is 0 Å². The Bertz CT molecular complexity index is 919. The second-order valence-electron chi connectivity index (χ2n) is 8.81. The van der Waals surface area contributed by atoms with Crippen LogP contribution in [0.2, 0.25) is 0 Å². The summed E-state index contributed by atoms with van der Waals surface area (Å²) in [6.45, 7) is 9.06. The Labute approximate surface area is 176 Å². The molecule has 0 saturated heterocycles. The summed E-state index contributed by atoms with van der Waals surface area (Å²) < 4.78 is 14.1. The number of rotatable bonds is 6. The summed E-state index contributed by atoms with van der Waals surface area (Å²) in [5.41, 5.74) is 4.37. The molecule has 3 rings (SSSR count). The van der Waals surface area contributed by atoms with Crippen LogP contribution < -0.4 is 10.6 Å². The highest BCUT2D eigenvalue weighted by atomic mass is 31.2. The van der Waals surface area contributed by atoms with Crippen LogP contribution in [0.15, 0.2) is 95.6 Å². The Balaban J connectivity index is 1.88. The maximum atomic E-state index is 14.1. The van der Waals surface area contributed by atoms with Gasteiger partial charge >= 0.3 is 0 Å². The smallest absolute Gasteiger partial charge is 0.146 e. The molecule has 0 unspecified atom stereocenters. The molecule has 0 spiro atoms. The zero-order valence-corrected chi connectivity index (χ0v) is 19.1. The van der Waals surface area contributed by atoms with E-state index in [0.717, 1.165) is 10.6 Å². The van der Waals surface area contributed by atoms with E-state index in [0.29, 0.717) is 6.16 Å². The largest absolute Gasteiger partial charge is 0.313 e. The molecular formula is C27H33OP. The third-order valence-electron chi connectivity index (χ3n) is 6.07. The lowest BCUT2D eigenvalue weighted by molar-refractivity contribution is 0.377. The second-order valence-corrected chi connectivity index (χ2v) is 11.7. The van der Waals surface area contributed by atoms with Gasteiger partial charge in [-0.3, -0.25) is 0 Å². The summed E-state index contributed by atoms with van der Waals surface area (Å²) in [6, 6.07) is 19.8. The first-order valence-electron chi connectivity index (χ1n) is 10.6. The molecule has 0 fully saturated rings. The molecule has 0 bridgehead atoms. The molecule has 0 N–H and O–H groups in total. The van der Waals surface area contributed by atoms with Crippen molar-refractivity contribution in [2.45, 2.75) is 47.0 Å². The Morgan fingerprint density at radius 3 is 2.07 bits per heavy atom. The van der Waals surface area contributed by atoms with Crippen molar-refractivity contribution in [1.29, 1.82) is 0 Å². The van der Waals surface area contributed by atoms with E-state index in [4.69, 9.17) is 0 Å². The second kappa shape index (κ2) is 9.14. The van der Waals surface area contributed by atoms with E-state index in [1.807, 2.05) is 60.7 Å². The highest BCUT2D eigenvalue weighted by Gasteiger charge is 2.27. The van der Waals surface area contributed by atoms with Crippen molar-refractivity contribution >= 4 is 17.8 Å². The number of allylic oxidation sites excluding steroid dienone is 6. The Kier molecular flexibility index (Phi) is 6.81. The van der Waals surface area contributed by atoms with Gasteiger partial charge in [0.2, 0.25) is 0 Å². The lowest BCUT2D eigenvalue weighted by atomic mass is 9.72. The summed E-state index contributed by atoms with van der Waals surface area (Å²) in [7, 11) is -2.69. The molecule has 29 heavy (non-hydrogen) atoms. The average Bonchev–Trinajstić information content (AvgIpc) is 2.72. The maximum Gasteiger partial charge on any atom is 0.146 e. The van der Waals surface area contributed by atoms with Gasteiger partial charge in [-0.1, -0.05) is 104 Å². The maximum absolute atomic E-state index is 14.1. The normalized spacial score (nSPS) is 17.7. The summed E-state index contributed by atoms with van der Waals surface area (Å²) in [5, 5.41) is 1.84. The fourth-order valence-electron chi connectivity index (χ4n) is 4.26. The van der Waals surface area contributed by atoms with Crippen molar-refractivity contribution in [3.05, 3.63) is 95.6 Å². The molecule has 1 aliphatic carbocycles. The van der Waals surface area contributed by atoms with Crippen molar-refractivity contribution in [3.63, 3.8) is 0 Å². The molecule has 1 nitrogen and oxygen atoms in total. The first kappa shape index (κ1) is 21.6. The van der Waals surface area contributed by atoms with E-state index in [-0.39, 0.29) is 5.41 Å². The third kappa shape index (κ3) is 5.09. The molecule has 2 aromatic carbocycles. The average molecular weight is 405 g/mol. The third-order valence-corrected chi connectivity index (χ3v) is 9.03. The zero-order valence-electron chi connectivity index (χ0n) is 18.2. The summed E-state index contributed by atoms with van der Waals surface area (Å²) in [5.74, 6) is 0. The van der Waals surface area contributed by atoms with Crippen molar-refractivity contribution in [2.24, 2.45) is 5.41 Å². The molecule has 0 aromatic heterocycles. The molecule has 0 heterocycles. The molecule has 2 aromatic rings. The highest BCUT2D eigenvalue weighted by molar-refractivity contribution is 7.78. The quantitative estimate of drug-likeness (QED) is 0.373. The standard InChI is InChI=1S/C27H33OP/c1-22(17-18-26-23(2)12-11-20-27(26,3)4)19-21-29(28,24-13-7-5-8-14-24)25-15-9-6-10-16-25/h5-10,13-19H,11-12,20-21H2,1-4H3. The van der Waals surface area contributed by atoms with Crippen molar-refractivity contribution in [1.82, 2.24) is 0 Å². The predicted molar refractivity (Wildman–Crippen MR) is 128 cm³/mol. The fraction of sp³-hybridized carbons (Fsp3) is 0.333. The molecule has 152 valence electrons. The number of hydrogen-bond donors (Lipinski definition) is 0. The Morgan fingerprint density at radius 2 is 1.55 bits per heavy atom. The van der Waals surface area contributed by atoms with E-state index in [2.05, 4.69) is 45.9 Å². The molecule has 1 aliphatic rings. The van der Waals surface area contributed by atoms with Gasteiger partial charge in [0, 0.05) is 16.8 Å². The summed E-state index contributed by atoms with van der Waals surface area (Å²) in [6.07, 6.45) is 10.9. The molecule has 0 amide bonds. The van der Waals surface area contributed by atoms with E-state index in [9.17, 15) is 4.57 Å². The minimum atomic E-state index is -2.69. The molecule has 0 atom stereocenters. The summed E-state index contributed by atoms with van der Waals surface area (Å²) >= 11 is 0. The van der Waals surface area contributed by atoms with Crippen LogP contribution in [0.4, 0.5) is 0 Å². The van der Waals surface area contributed by atoms with E-state index >= 15 is 0 Å². The van der Waals surface area contributed by atoms with Gasteiger partial charge in [-0.2, -0.15) is 0 Å². The highest BCUT2D eigenvalue weighted by Crippen LogP contribution is 2.44. The lowest BCUT2D eigenvalue weighted by Crippen LogP contribution is -2.19. The predicted octanol–water partition coefficient (Wildman–Crippen LogP) is 7.03. The monoisotopic (exact) mass is 404 g/mol. The van der Waals surface area contributed by atoms with Crippen LogP contribution in [0.5, 0.6) is 0 Å². The topological polar surface area (TPSA) is 17.1 Å². The van der Waals surface area contributed by atoms with Gasteiger partial charge in [-0.15, -0.1) is 0 Å². The molecule has 0 saturated carbocycles. The van der Waals surface area contributed by atoms with Crippen LogP contribution in [-0.2, 0) is 4.57 Å². The van der Waals surface area contributed by atoms with Crippen molar-refractivity contribution in [2.75, 3.05) is 6.16 Å². The van der Waals surface area contributed by atoms with Gasteiger partial charge in [0.05, 0.1) is 0 Å².